The van der Waals surface area contributed by atoms with Gasteiger partial charge in [0, 0.05) is 6.54 Å². The molecular formula is C16H21ClFNO. The van der Waals surface area contributed by atoms with Gasteiger partial charge in [0.1, 0.15) is 11.6 Å². The highest BCUT2D eigenvalue weighted by Crippen LogP contribution is 2.25. The molecule has 1 aliphatic rings. The predicted molar refractivity (Wildman–Crippen MR) is 79.7 cm³/mol. The quantitative estimate of drug-likeness (QED) is 0.862. The Labute approximate surface area is 124 Å². The third kappa shape index (κ3) is 4.03. The number of halogens is 2. The van der Waals surface area contributed by atoms with Crippen molar-refractivity contribution in [1.29, 1.82) is 0 Å². The highest BCUT2D eigenvalue weighted by molar-refractivity contribution is 6.30. The first kappa shape index (κ1) is 15.5. The van der Waals surface area contributed by atoms with Crippen LogP contribution in [0.25, 0.3) is 0 Å². The van der Waals surface area contributed by atoms with Crippen LogP contribution in [-0.4, -0.2) is 18.9 Å². The van der Waals surface area contributed by atoms with Crippen LogP contribution in [0.4, 0.5) is 4.39 Å². The van der Waals surface area contributed by atoms with E-state index in [1.165, 1.54) is 37.8 Å². The van der Waals surface area contributed by atoms with Crippen LogP contribution in [0.5, 0.6) is 0 Å². The lowest BCUT2D eigenvalue weighted by Crippen LogP contribution is -2.29. The van der Waals surface area contributed by atoms with Crippen molar-refractivity contribution >= 4 is 17.4 Å². The van der Waals surface area contributed by atoms with Crippen LogP contribution in [0, 0.1) is 11.7 Å². The first-order valence-electron chi connectivity index (χ1n) is 7.24. The van der Waals surface area contributed by atoms with Crippen LogP contribution in [0.15, 0.2) is 18.2 Å². The fraction of sp³-hybridized carbons (Fsp3) is 0.562. The molecule has 0 spiro atoms. The van der Waals surface area contributed by atoms with Crippen LogP contribution < -0.4 is 5.32 Å². The molecule has 0 radical (unpaired) electrons. The number of nitrogens with one attached hydrogen (secondary N) is 1. The van der Waals surface area contributed by atoms with Crippen molar-refractivity contribution in [3.63, 3.8) is 0 Å². The normalized spacial score (nSPS) is 17.4. The van der Waals surface area contributed by atoms with Crippen LogP contribution >= 0.6 is 11.6 Å². The van der Waals surface area contributed by atoms with E-state index < -0.39 is 5.82 Å². The third-order valence-corrected chi connectivity index (χ3v) is 4.40. The van der Waals surface area contributed by atoms with Crippen molar-refractivity contribution in [2.75, 3.05) is 13.1 Å². The van der Waals surface area contributed by atoms with E-state index in [9.17, 15) is 9.18 Å². The number of carbonyl (C=O) groups excluding carboxylic acids is 1. The summed E-state index contributed by atoms with van der Waals surface area (Å²) in [7, 11) is 0. The van der Waals surface area contributed by atoms with Crippen molar-refractivity contribution in [3.05, 3.63) is 34.6 Å². The third-order valence-electron chi connectivity index (χ3n) is 4.09. The lowest BCUT2D eigenvalue weighted by atomic mass is 9.95. The van der Waals surface area contributed by atoms with Gasteiger partial charge in [0.25, 0.3) is 0 Å². The van der Waals surface area contributed by atoms with Crippen molar-refractivity contribution < 1.29 is 9.18 Å². The molecule has 4 heteroatoms. The lowest BCUT2D eigenvalue weighted by molar-refractivity contribution is -0.118. The first-order chi connectivity index (χ1) is 9.58. The SMILES string of the molecule is CC(=O)C(CNCC1CCCC1)c1ccc(Cl)c(F)c1. The van der Waals surface area contributed by atoms with Gasteiger partial charge in [0.05, 0.1) is 10.9 Å². The predicted octanol–water partition coefficient (Wildman–Crippen LogP) is 3.93. The van der Waals surface area contributed by atoms with E-state index in [1.807, 2.05) is 0 Å². The van der Waals surface area contributed by atoms with Gasteiger partial charge in [-0.05, 0) is 49.9 Å². The van der Waals surface area contributed by atoms with Crippen molar-refractivity contribution in [3.8, 4) is 0 Å². The fourth-order valence-corrected chi connectivity index (χ4v) is 2.99. The van der Waals surface area contributed by atoms with Crippen molar-refractivity contribution in [1.82, 2.24) is 5.32 Å². The summed E-state index contributed by atoms with van der Waals surface area (Å²) in [6.07, 6.45) is 5.16. The Kier molecular flexibility index (Phi) is 5.55. The lowest BCUT2D eigenvalue weighted by Gasteiger charge is -2.17. The molecule has 0 aromatic heterocycles. The zero-order valence-electron chi connectivity index (χ0n) is 11.8. The van der Waals surface area contributed by atoms with E-state index in [0.717, 1.165) is 12.5 Å². The van der Waals surface area contributed by atoms with E-state index in [4.69, 9.17) is 11.6 Å². The highest BCUT2D eigenvalue weighted by atomic mass is 35.5. The Morgan fingerprint density at radius 1 is 1.45 bits per heavy atom. The average Bonchev–Trinajstić information content (AvgIpc) is 2.91. The minimum absolute atomic E-state index is 0.0469. The highest BCUT2D eigenvalue weighted by Gasteiger charge is 2.19. The molecule has 1 atom stereocenters. The van der Waals surface area contributed by atoms with Gasteiger partial charge in [-0.3, -0.25) is 4.79 Å². The summed E-state index contributed by atoms with van der Waals surface area (Å²) in [6, 6.07) is 4.61. The van der Waals surface area contributed by atoms with Crippen LogP contribution in [0.1, 0.15) is 44.1 Å². The van der Waals surface area contributed by atoms with Gasteiger partial charge < -0.3 is 5.32 Å². The van der Waals surface area contributed by atoms with Gasteiger partial charge in [-0.25, -0.2) is 4.39 Å². The first-order valence-corrected chi connectivity index (χ1v) is 7.62. The number of rotatable bonds is 6. The molecule has 1 unspecified atom stereocenters. The van der Waals surface area contributed by atoms with Crippen molar-refractivity contribution in [2.24, 2.45) is 5.92 Å². The van der Waals surface area contributed by atoms with Crippen LogP contribution in [0.3, 0.4) is 0 Å². The molecule has 1 aliphatic carbocycles. The Hall–Kier alpha value is -0.930. The average molecular weight is 298 g/mol. The topological polar surface area (TPSA) is 29.1 Å². The maximum atomic E-state index is 13.5. The second-order valence-electron chi connectivity index (χ2n) is 5.65. The smallest absolute Gasteiger partial charge is 0.142 e. The molecule has 2 rings (SSSR count). The molecule has 1 saturated carbocycles. The number of ketones is 1. The zero-order chi connectivity index (χ0) is 14.5. The maximum Gasteiger partial charge on any atom is 0.142 e. The summed E-state index contributed by atoms with van der Waals surface area (Å²) in [6.45, 7) is 3.06. The molecule has 0 aliphatic heterocycles. The molecule has 0 heterocycles. The van der Waals surface area contributed by atoms with Gasteiger partial charge >= 0.3 is 0 Å². The molecule has 0 amide bonds. The van der Waals surface area contributed by atoms with E-state index in [1.54, 1.807) is 13.0 Å². The van der Waals surface area contributed by atoms with Gasteiger partial charge in [-0.2, -0.15) is 0 Å². The standard InChI is InChI=1S/C16H21ClFNO/c1-11(20)14(10-19-9-12-4-2-3-5-12)13-6-7-15(17)16(18)8-13/h6-8,12,14,19H,2-5,9-10H2,1H3. The van der Waals surface area contributed by atoms with Crippen LogP contribution in [0.2, 0.25) is 5.02 Å². The van der Waals surface area contributed by atoms with Crippen molar-refractivity contribution in [2.45, 2.75) is 38.5 Å². The second kappa shape index (κ2) is 7.19. The second-order valence-corrected chi connectivity index (χ2v) is 6.05. The number of hydrogen-bond donors (Lipinski definition) is 1. The minimum atomic E-state index is -0.466. The molecule has 110 valence electrons. The molecule has 1 N–H and O–H groups in total. The summed E-state index contributed by atoms with van der Waals surface area (Å²) in [5, 5.41) is 3.46. The summed E-state index contributed by atoms with van der Waals surface area (Å²) < 4.78 is 13.5. The zero-order valence-corrected chi connectivity index (χ0v) is 12.5. The van der Waals surface area contributed by atoms with Crippen LogP contribution in [-0.2, 0) is 4.79 Å². The molecule has 1 fully saturated rings. The summed E-state index contributed by atoms with van der Waals surface area (Å²) in [5.74, 6) is 0.00425. The summed E-state index contributed by atoms with van der Waals surface area (Å²) in [4.78, 5) is 11.8. The number of hydrogen-bond acceptors (Lipinski definition) is 2. The number of Topliss-reactive ketones (excluding diaryl/α,β-unsaturated/α-hetero) is 1. The Morgan fingerprint density at radius 2 is 2.15 bits per heavy atom. The fourth-order valence-electron chi connectivity index (χ4n) is 2.87. The van der Waals surface area contributed by atoms with E-state index >= 15 is 0 Å². The molecule has 1 aromatic rings. The molecular weight excluding hydrogens is 277 g/mol. The van der Waals surface area contributed by atoms with Gasteiger partial charge in [-0.15, -0.1) is 0 Å². The monoisotopic (exact) mass is 297 g/mol. The minimum Gasteiger partial charge on any atom is -0.315 e. The number of benzene rings is 1. The van der Waals surface area contributed by atoms with E-state index in [2.05, 4.69) is 5.32 Å². The molecule has 1 aromatic carbocycles. The Bertz CT molecular complexity index is 472. The van der Waals surface area contributed by atoms with Gasteiger partial charge in [0.15, 0.2) is 0 Å². The van der Waals surface area contributed by atoms with Gasteiger partial charge in [0.2, 0.25) is 0 Å². The molecule has 0 saturated heterocycles. The summed E-state index contributed by atoms with van der Waals surface area (Å²) >= 11 is 5.68. The molecule has 2 nitrogen and oxygen atoms in total. The summed E-state index contributed by atoms with van der Waals surface area (Å²) in [5.41, 5.74) is 0.693. The maximum absolute atomic E-state index is 13.5. The molecule has 0 bridgehead atoms. The van der Waals surface area contributed by atoms with Gasteiger partial charge in [-0.1, -0.05) is 30.5 Å². The molecule has 20 heavy (non-hydrogen) atoms. The van der Waals surface area contributed by atoms with E-state index in [-0.39, 0.29) is 16.7 Å². The number of carbonyl (C=O) groups is 1. The van der Waals surface area contributed by atoms with E-state index in [0.29, 0.717) is 12.1 Å². The largest absolute Gasteiger partial charge is 0.315 e. The Morgan fingerprint density at radius 3 is 2.75 bits per heavy atom. The Balaban J connectivity index is 1.95.